The van der Waals surface area contributed by atoms with Crippen LogP contribution in [0.4, 0.5) is 5.95 Å². The highest BCUT2D eigenvalue weighted by molar-refractivity contribution is 5.69. The van der Waals surface area contributed by atoms with Crippen LogP contribution in [-0.2, 0) is 0 Å². The summed E-state index contributed by atoms with van der Waals surface area (Å²) in [4.78, 5) is 8.73. The van der Waals surface area contributed by atoms with Gasteiger partial charge in [0, 0.05) is 11.5 Å². The summed E-state index contributed by atoms with van der Waals surface area (Å²) in [6, 6.07) is 10.3. The first-order valence-corrected chi connectivity index (χ1v) is 5.95. The molecule has 1 saturated carbocycles. The Bertz CT molecular complexity index is 545. The van der Waals surface area contributed by atoms with Gasteiger partial charge in [-0.2, -0.15) is 0 Å². The number of anilines is 1. The number of nitrogens with zero attached hydrogens (tertiary/aromatic N) is 2. The third-order valence-electron chi connectivity index (χ3n) is 3.16. The summed E-state index contributed by atoms with van der Waals surface area (Å²) >= 11 is 0. The number of aromatic nitrogens is 2. The normalized spacial score (nSPS) is 14.9. The fourth-order valence-electron chi connectivity index (χ4n) is 2.23. The zero-order valence-corrected chi connectivity index (χ0v) is 9.85. The molecular formula is C14H15N3. The monoisotopic (exact) mass is 225 g/mol. The van der Waals surface area contributed by atoms with Gasteiger partial charge in [-0.25, -0.2) is 9.97 Å². The SMILES string of the molecule is Cc1nc(N)nc(C2CC2)c1-c1ccccc1. The number of nitrogens with two attached hydrogens (primary N) is 1. The van der Waals surface area contributed by atoms with Gasteiger partial charge in [0.15, 0.2) is 0 Å². The molecule has 0 spiro atoms. The van der Waals surface area contributed by atoms with Gasteiger partial charge in [0.2, 0.25) is 5.95 Å². The van der Waals surface area contributed by atoms with Gasteiger partial charge in [0.05, 0.1) is 11.4 Å². The number of hydrogen-bond donors (Lipinski definition) is 1. The van der Waals surface area contributed by atoms with Crippen LogP contribution < -0.4 is 5.73 Å². The topological polar surface area (TPSA) is 51.8 Å². The molecule has 1 aromatic heterocycles. The molecule has 0 aliphatic heterocycles. The van der Waals surface area contributed by atoms with Crippen LogP contribution in [0.15, 0.2) is 30.3 Å². The van der Waals surface area contributed by atoms with Crippen LogP contribution >= 0.6 is 0 Å². The van der Waals surface area contributed by atoms with Crippen LogP contribution in [0.2, 0.25) is 0 Å². The molecule has 17 heavy (non-hydrogen) atoms. The van der Waals surface area contributed by atoms with E-state index in [4.69, 9.17) is 5.73 Å². The maximum Gasteiger partial charge on any atom is 0.220 e. The minimum absolute atomic E-state index is 0.393. The molecule has 0 amide bonds. The lowest BCUT2D eigenvalue weighted by atomic mass is 10.00. The first-order chi connectivity index (χ1) is 8.25. The van der Waals surface area contributed by atoms with Crippen LogP contribution in [-0.4, -0.2) is 9.97 Å². The minimum Gasteiger partial charge on any atom is -0.368 e. The van der Waals surface area contributed by atoms with Gasteiger partial charge in [-0.05, 0) is 25.3 Å². The Labute approximate surface area is 101 Å². The van der Waals surface area contributed by atoms with E-state index in [1.165, 1.54) is 24.0 Å². The van der Waals surface area contributed by atoms with E-state index < -0.39 is 0 Å². The van der Waals surface area contributed by atoms with E-state index in [2.05, 4.69) is 22.1 Å². The lowest BCUT2D eigenvalue weighted by Crippen LogP contribution is -2.04. The molecule has 1 fully saturated rings. The first kappa shape index (κ1) is 10.3. The maximum absolute atomic E-state index is 5.75. The molecule has 1 aromatic carbocycles. The van der Waals surface area contributed by atoms with Gasteiger partial charge in [0.25, 0.3) is 0 Å². The predicted molar refractivity (Wildman–Crippen MR) is 68.6 cm³/mol. The summed E-state index contributed by atoms with van der Waals surface area (Å²) in [6.45, 7) is 2.01. The Morgan fingerprint density at radius 1 is 1.12 bits per heavy atom. The van der Waals surface area contributed by atoms with Crippen molar-refractivity contribution >= 4 is 5.95 Å². The Balaban J connectivity index is 2.21. The van der Waals surface area contributed by atoms with Crippen molar-refractivity contribution in [3.8, 4) is 11.1 Å². The molecule has 1 aliphatic carbocycles. The molecular weight excluding hydrogens is 210 g/mol. The minimum atomic E-state index is 0.393. The number of rotatable bonds is 2. The van der Waals surface area contributed by atoms with Crippen molar-refractivity contribution in [3.05, 3.63) is 41.7 Å². The van der Waals surface area contributed by atoms with Gasteiger partial charge in [0.1, 0.15) is 0 Å². The molecule has 0 saturated heterocycles. The predicted octanol–water partition coefficient (Wildman–Crippen LogP) is 2.91. The molecule has 86 valence electrons. The van der Waals surface area contributed by atoms with Crippen molar-refractivity contribution in [2.45, 2.75) is 25.7 Å². The second kappa shape index (κ2) is 3.84. The molecule has 1 aliphatic rings. The van der Waals surface area contributed by atoms with E-state index in [1.807, 2.05) is 25.1 Å². The lowest BCUT2D eigenvalue weighted by molar-refractivity contribution is 0.982. The number of nitrogen functional groups attached to an aromatic ring is 1. The van der Waals surface area contributed by atoms with Gasteiger partial charge in [-0.1, -0.05) is 30.3 Å². The second-order valence-electron chi connectivity index (χ2n) is 4.57. The molecule has 3 nitrogen and oxygen atoms in total. The van der Waals surface area contributed by atoms with Crippen LogP contribution in [0.3, 0.4) is 0 Å². The van der Waals surface area contributed by atoms with Crippen molar-refractivity contribution in [2.75, 3.05) is 5.73 Å². The average Bonchev–Trinajstić information content (AvgIpc) is 3.13. The molecule has 0 atom stereocenters. The van der Waals surface area contributed by atoms with Gasteiger partial charge in [-0.3, -0.25) is 0 Å². The fourth-order valence-corrected chi connectivity index (χ4v) is 2.23. The Morgan fingerprint density at radius 2 is 1.82 bits per heavy atom. The quantitative estimate of drug-likeness (QED) is 0.855. The first-order valence-electron chi connectivity index (χ1n) is 5.95. The Hall–Kier alpha value is -1.90. The Morgan fingerprint density at radius 3 is 2.47 bits per heavy atom. The third-order valence-corrected chi connectivity index (χ3v) is 3.16. The molecule has 0 bridgehead atoms. The van der Waals surface area contributed by atoms with E-state index in [0.717, 1.165) is 11.4 Å². The zero-order chi connectivity index (χ0) is 11.8. The maximum atomic E-state index is 5.75. The Kier molecular flexibility index (Phi) is 2.32. The van der Waals surface area contributed by atoms with Crippen LogP contribution in [0.1, 0.15) is 30.1 Å². The van der Waals surface area contributed by atoms with E-state index in [-0.39, 0.29) is 0 Å². The van der Waals surface area contributed by atoms with Crippen molar-refractivity contribution in [3.63, 3.8) is 0 Å². The van der Waals surface area contributed by atoms with Crippen molar-refractivity contribution in [1.82, 2.24) is 9.97 Å². The summed E-state index contributed by atoms with van der Waals surface area (Å²) in [7, 11) is 0. The van der Waals surface area contributed by atoms with Gasteiger partial charge in [-0.15, -0.1) is 0 Å². The highest BCUT2D eigenvalue weighted by atomic mass is 15.0. The molecule has 3 rings (SSSR count). The van der Waals surface area contributed by atoms with E-state index in [1.54, 1.807) is 0 Å². The summed E-state index contributed by atoms with van der Waals surface area (Å²) in [5.74, 6) is 0.971. The van der Waals surface area contributed by atoms with E-state index in [9.17, 15) is 0 Å². The highest BCUT2D eigenvalue weighted by Gasteiger charge is 2.29. The summed E-state index contributed by atoms with van der Waals surface area (Å²) in [6.07, 6.45) is 2.44. The molecule has 1 heterocycles. The van der Waals surface area contributed by atoms with Crippen molar-refractivity contribution in [2.24, 2.45) is 0 Å². The largest absolute Gasteiger partial charge is 0.368 e. The number of aryl methyl sites for hydroxylation is 1. The van der Waals surface area contributed by atoms with Crippen molar-refractivity contribution in [1.29, 1.82) is 0 Å². The van der Waals surface area contributed by atoms with Crippen LogP contribution in [0.5, 0.6) is 0 Å². The van der Waals surface area contributed by atoms with Crippen LogP contribution in [0.25, 0.3) is 11.1 Å². The summed E-state index contributed by atoms with van der Waals surface area (Å²) in [5, 5.41) is 0. The van der Waals surface area contributed by atoms with E-state index in [0.29, 0.717) is 11.9 Å². The van der Waals surface area contributed by atoms with Gasteiger partial charge >= 0.3 is 0 Å². The van der Waals surface area contributed by atoms with E-state index >= 15 is 0 Å². The number of hydrogen-bond acceptors (Lipinski definition) is 3. The third kappa shape index (κ3) is 1.88. The highest BCUT2D eigenvalue weighted by Crippen LogP contribution is 2.44. The fraction of sp³-hybridized carbons (Fsp3) is 0.286. The molecule has 2 N–H and O–H groups in total. The summed E-state index contributed by atoms with van der Waals surface area (Å²) in [5.41, 5.74) is 10.2. The average molecular weight is 225 g/mol. The van der Waals surface area contributed by atoms with Gasteiger partial charge < -0.3 is 5.73 Å². The van der Waals surface area contributed by atoms with Crippen molar-refractivity contribution < 1.29 is 0 Å². The molecule has 2 aromatic rings. The lowest BCUT2D eigenvalue weighted by Gasteiger charge is -2.11. The standard InChI is InChI=1S/C14H15N3/c1-9-12(10-5-3-2-4-6-10)13(11-7-8-11)17-14(15)16-9/h2-6,11H,7-8H2,1H3,(H2,15,16,17). The van der Waals surface area contributed by atoms with Crippen LogP contribution in [0, 0.1) is 6.92 Å². The molecule has 3 heteroatoms. The number of benzene rings is 1. The smallest absolute Gasteiger partial charge is 0.220 e. The molecule has 0 unspecified atom stereocenters. The second-order valence-corrected chi connectivity index (χ2v) is 4.57. The zero-order valence-electron chi connectivity index (χ0n) is 9.85. The summed E-state index contributed by atoms with van der Waals surface area (Å²) < 4.78 is 0. The molecule has 0 radical (unpaired) electrons.